The number of aryl methyl sites for hydroxylation is 2. The van der Waals surface area contributed by atoms with Crippen LogP contribution < -0.4 is 11.1 Å². The summed E-state index contributed by atoms with van der Waals surface area (Å²) in [7, 11) is 2.03. The zero-order valence-electron chi connectivity index (χ0n) is 13.0. The van der Waals surface area contributed by atoms with E-state index in [9.17, 15) is 4.79 Å². The number of carbonyl (C=O) groups is 1. The molecule has 5 heteroatoms. The fourth-order valence-electron chi connectivity index (χ4n) is 2.28. The summed E-state index contributed by atoms with van der Waals surface area (Å²) >= 11 is 0. The highest BCUT2D eigenvalue weighted by molar-refractivity contribution is 5.78. The van der Waals surface area contributed by atoms with Crippen molar-refractivity contribution in [2.24, 2.45) is 18.7 Å². The zero-order valence-corrected chi connectivity index (χ0v) is 13.0. The van der Waals surface area contributed by atoms with Crippen molar-refractivity contribution in [3.05, 3.63) is 30.1 Å². The first-order valence-corrected chi connectivity index (χ1v) is 7.44. The predicted octanol–water partition coefficient (Wildman–Crippen LogP) is 1.61. The molecule has 0 bridgehead atoms. The van der Waals surface area contributed by atoms with Gasteiger partial charge in [0.25, 0.3) is 0 Å². The molecule has 0 aliphatic heterocycles. The van der Waals surface area contributed by atoms with Gasteiger partial charge in [-0.05, 0) is 25.5 Å². The smallest absolute Gasteiger partial charge is 0.224 e. The third kappa shape index (κ3) is 3.61. The summed E-state index contributed by atoms with van der Waals surface area (Å²) in [6.07, 6.45) is 1.71. The summed E-state index contributed by atoms with van der Waals surface area (Å²) in [5.74, 6) is 0.918. The highest BCUT2D eigenvalue weighted by Crippen LogP contribution is 2.15. The molecule has 2 unspecified atom stereocenters. The number of amides is 1. The molecule has 0 radical (unpaired) electrons. The van der Waals surface area contributed by atoms with Crippen molar-refractivity contribution in [3.63, 3.8) is 0 Å². The van der Waals surface area contributed by atoms with Crippen LogP contribution in [0.15, 0.2) is 24.3 Å². The molecule has 114 valence electrons. The topological polar surface area (TPSA) is 72.9 Å². The van der Waals surface area contributed by atoms with Crippen molar-refractivity contribution < 1.29 is 4.79 Å². The number of para-hydroxylation sites is 2. The van der Waals surface area contributed by atoms with Gasteiger partial charge in [0.15, 0.2) is 0 Å². The highest BCUT2D eigenvalue weighted by Gasteiger charge is 2.16. The molecule has 1 aromatic heterocycles. The predicted molar refractivity (Wildman–Crippen MR) is 84.9 cm³/mol. The Morgan fingerprint density at radius 1 is 1.38 bits per heavy atom. The number of fused-ring (bicyclic) bond motifs is 1. The van der Waals surface area contributed by atoms with Crippen LogP contribution in [0.3, 0.4) is 0 Å². The molecule has 2 atom stereocenters. The first-order valence-electron chi connectivity index (χ1n) is 7.44. The Balaban J connectivity index is 1.86. The number of nitrogens with one attached hydrogen (secondary N) is 1. The van der Waals surface area contributed by atoms with Crippen LogP contribution in [0.25, 0.3) is 11.0 Å². The lowest BCUT2D eigenvalue weighted by Crippen LogP contribution is -2.39. The number of nitrogens with zero attached hydrogens (tertiary/aromatic N) is 2. The minimum atomic E-state index is -0.152. The Labute approximate surface area is 125 Å². The van der Waals surface area contributed by atoms with Gasteiger partial charge in [-0.3, -0.25) is 4.79 Å². The van der Waals surface area contributed by atoms with Crippen LogP contribution >= 0.6 is 0 Å². The molecule has 3 N–H and O–H groups in total. The lowest BCUT2D eigenvalue weighted by molar-refractivity contribution is -0.124. The van der Waals surface area contributed by atoms with Gasteiger partial charge in [0, 0.05) is 32.0 Å². The van der Waals surface area contributed by atoms with Gasteiger partial charge in [-0.25, -0.2) is 4.98 Å². The van der Waals surface area contributed by atoms with Gasteiger partial charge in [-0.15, -0.1) is 0 Å². The maximum atomic E-state index is 11.8. The molecule has 0 saturated heterocycles. The van der Waals surface area contributed by atoms with Gasteiger partial charge in [0.1, 0.15) is 5.82 Å². The minimum Gasteiger partial charge on any atom is -0.356 e. The summed E-state index contributed by atoms with van der Waals surface area (Å²) in [6, 6.07) is 7.98. The molecule has 0 aliphatic rings. The van der Waals surface area contributed by atoms with Gasteiger partial charge < -0.3 is 15.6 Å². The molecule has 1 heterocycles. The van der Waals surface area contributed by atoms with E-state index in [-0.39, 0.29) is 17.9 Å². The van der Waals surface area contributed by atoms with E-state index >= 15 is 0 Å². The molecule has 0 saturated carbocycles. The largest absolute Gasteiger partial charge is 0.356 e. The molecule has 5 nitrogen and oxygen atoms in total. The standard InChI is InChI=1S/C16H24N4O/c1-11(12(2)17)16(21)18-10-6-9-15-19-13-7-4-5-8-14(13)20(15)3/h4-5,7-8,11-12H,6,9-10,17H2,1-3H3,(H,18,21). The summed E-state index contributed by atoms with van der Waals surface area (Å²) in [5.41, 5.74) is 7.88. The minimum absolute atomic E-state index is 0.0231. The quantitative estimate of drug-likeness (QED) is 0.793. The van der Waals surface area contributed by atoms with Crippen LogP contribution in [0.2, 0.25) is 0 Å². The molecular weight excluding hydrogens is 264 g/mol. The molecule has 2 aromatic rings. The van der Waals surface area contributed by atoms with Crippen molar-refractivity contribution in [1.29, 1.82) is 0 Å². The van der Waals surface area contributed by atoms with Crippen LogP contribution in [0, 0.1) is 5.92 Å². The number of rotatable bonds is 6. The van der Waals surface area contributed by atoms with Crippen LogP contribution in [0.5, 0.6) is 0 Å². The summed E-state index contributed by atoms with van der Waals surface area (Å²) in [6.45, 7) is 4.36. The van der Waals surface area contributed by atoms with Crippen LogP contribution in [-0.4, -0.2) is 28.0 Å². The number of carbonyl (C=O) groups excluding carboxylic acids is 1. The van der Waals surface area contributed by atoms with Gasteiger partial charge in [0.2, 0.25) is 5.91 Å². The first kappa shape index (κ1) is 15.5. The Morgan fingerprint density at radius 2 is 2.10 bits per heavy atom. The number of hydrogen-bond donors (Lipinski definition) is 2. The third-order valence-corrected chi connectivity index (χ3v) is 3.96. The van der Waals surface area contributed by atoms with E-state index in [1.165, 1.54) is 0 Å². The molecule has 2 rings (SSSR count). The fraction of sp³-hybridized carbons (Fsp3) is 0.500. The summed E-state index contributed by atoms with van der Waals surface area (Å²) < 4.78 is 2.11. The molecule has 0 aliphatic carbocycles. The maximum Gasteiger partial charge on any atom is 0.224 e. The van der Waals surface area contributed by atoms with Crippen LogP contribution in [-0.2, 0) is 18.3 Å². The van der Waals surface area contributed by atoms with Gasteiger partial charge in [0.05, 0.1) is 11.0 Å². The first-order chi connectivity index (χ1) is 10.0. The number of hydrogen-bond acceptors (Lipinski definition) is 3. The monoisotopic (exact) mass is 288 g/mol. The third-order valence-electron chi connectivity index (χ3n) is 3.96. The van der Waals surface area contributed by atoms with Crippen LogP contribution in [0.4, 0.5) is 0 Å². The van der Waals surface area contributed by atoms with E-state index in [2.05, 4.69) is 20.9 Å². The van der Waals surface area contributed by atoms with E-state index in [1.54, 1.807) is 0 Å². The van der Waals surface area contributed by atoms with Crippen molar-refractivity contribution >= 4 is 16.9 Å². The highest BCUT2D eigenvalue weighted by atomic mass is 16.1. The average Bonchev–Trinajstić information content (AvgIpc) is 2.79. The SMILES string of the molecule is CC(N)C(C)C(=O)NCCCc1nc2ccccc2n1C. The maximum absolute atomic E-state index is 11.8. The number of nitrogens with two attached hydrogens (primary N) is 1. The van der Waals surface area contributed by atoms with Crippen molar-refractivity contribution in [3.8, 4) is 0 Å². The van der Waals surface area contributed by atoms with E-state index < -0.39 is 0 Å². The Morgan fingerprint density at radius 3 is 2.76 bits per heavy atom. The lowest BCUT2D eigenvalue weighted by atomic mass is 10.0. The normalized spacial score (nSPS) is 14.1. The van der Waals surface area contributed by atoms with E-state index in [0.29, 0.717) is 6.54 Å². The van der Waals surface area contributed by atoms with Crippen LogP contribution in [0.1, 0.15) is 26.1 Å². The average molecular weight is 288 g/mol. The number of aromatic nitrogens is 2. The van der Waals surface area contributed by atoms with Crippen molar-refractivity contribution in [1.82, 2.24) is 14.9 Å². The van der Waals surface area contributed by atoms with Gasteiger partial charge in [-0.1, -0.05) is 19.1 Å². The van der Waals surface area contributed by atoms with Crippen molar-refractivity contribution in [2.45, 2.75) is 32.7 Å². The molecule has 0 fully saturated rings. The second-order valence-corrected chi connectivity index (χ2v) is 5.62. The van der Waals surface area contributed by atoms with Crippen molar-refractivity contribution in [2.75, 3.05) is 6.54 Å². The Kier molecular flexibility index (Phi) is 4.96. The fourth-order valence-corrected chi connectivity index (χ4v) is 2.28. The number of benzene rings is 1. The number of imidazole rings is 1. The Hall–Kier alpha value is -1.88. The molecular formula is C16H24N4O. The van der Waals surface area contributed by atoms with E-state index in [1.807, 2.05) is 39.1 Å². The molecule has 21 heavy (non-hydrogen) atoms. The lowest BCUT2D eigenvalue weighted by Gasteiger charge is -2.15. The molecule has 1 aromatic carbocycles. The van der Waals surface area contributed by atoms with E-state index in [0.717, 1.165) is 29.7 Å². The molecule has 1 amide bonds. The second kappa shape index (κ2) is 6.72. The summed E-state index contributed by atoms with van der Waals surface area (Å²) in [4.78, 5) is 16.4. The zero-order chi connectivity index (χ0) is 15.4. The van der Waals surface area contributed by atoms with E-state index in [4.69, 9.17) is 5.73 Å². The second-order valence-electron chi connectivity index (χ2n) is 5.62. The Bertz CT molecular complexity index is 618. The van der Waals surface area contributed by atoms with Gasteiger partial charge in [-0.2, -0.15) is 0 Å². The molecule has 0 spiro atoms. The van der Waals surface area contributed by atoms with Gasteiger partial charge >= 0.3 is 0 Å². The summed E-state index contributed by atoms with van der Waals surface area (Å²) in [5, 5.41) is 2.93.